The highest BCUT2D eigenvalue weighted by Crippen LogP contribution is 2.06. The molecule has 0 spiro atoms. The second-order valence-corrected chi connectivity index (χ2v) is 5.00. The van der Waals surface area contributed by atoms with Crippen molar-refractivity contribution in [2.24, 2.45) is 4.99 Å². The van der Waals surface area contributed by atoms with Crippen LogP contribution in [0.25, 0.3) is 0 Å². The number of hydrogen-bond acceptors (Lipinski definition) is 3. The molecule has 2 aromatic rings. The Labute approximate surface area is 163 Å². The van der Waals surface area contributed by atoms with Gasteiger partial charge in [-0.25, -0.2) is 4.39 Å². The molecule has 0 bridgehead atoms. The van der Waals surface area contributed by atoms with Crippen molar-refractivity contribution in [1.82, 2.24) is 16.0 Å². The Morgan fingerprint density at radius 1 is 1.08 bits per heavy atom. The molecule has 0 atom stereocenters. The molecule has 136 valence electrons. The highest BCUT2D eigenvalue weighted by molar-refractivity contribution is 14.0. The van der Waals surface area contributed by atoms with Crippen LogP contribution in [0.15, 0.2) is 52.1 Å². The molecular formula is C17H22FIN4O2. The lowest BCUT2D eigenvalue weighted by atomic mass is 10.1. The Hall–Kier alpha value is -2.10. The van der Waals surface area contributed by atoms with Gasteiger partial charge in [0.2, 0.25) is 0 Å². The summed E-state index contributed by atoms with van der Waals surface area (Å²) in [5.74, 6) is 0.410. The lowest BCUT2D eigenvalue weighted by Gasteiger charge is -2.12. The molecular weight excluding hydrogens is 438 g/mol. The minimum atomic E-state index is -0.260. The second kappa shape index (κ2) is 11.5. The van der Waals surface area contributed by atoms with Crippen LogP contribution in [0.4, 0.5) is 4.39 Å². The first-order valence-electron chi connectivity index (χ1n) is 7.70. The molecule has 8 heteroatoms. The molecule has 6 nitrogen and oxygen atoms in total. The third-order valence-corrected chi connectivity index (χ3v) is 3.32. The fourth-order valence-corrected chi connectivity index (χ4v) is 2.09. The summed E-state index contributed by atoms with van der Waals surface area (Å²) in [6.45, 7) is 1.48. The second-order valence-electron chi connectivity index (χ2n) is 5.00. The molecule has 1 aromatic carbocycles. The number of benzene rings is 1. The van der Waals surface area contributed by atoms with E-state index in [4.69, 9.17) is 4.42 Å². The molecule has 25 heavy (non-hydrogen) atoms. The van der Waals surface area contributed by atoms with Gasteiger partial charge in [0.15, 0.2) is 11.7 Å². The Bertz CT molecular complexity index is 677. The Morgan fingerprint density at radius 3 is 2.48 bits per heavy atom. The number of guanidine groups is 1. The van der Waals surface area contributed by atoms with Crippen LogP contribution in [0.3, 0.4) is 0 Å². The first-order valence-corrected chi connectivity index (χ1v) is 7.70. The molecule has 0 aliphatic heterocycles. The van der Waals surface area contributed by atoms with Crippen molar-refractivity contribution in [2.45, 2.75) is 6.42 Å². The van der Waals surface area contributed by atoms with E-state index >= 15 is 0 Å². The van der Waals surface area contributed by atoms with Crippen LogP contribution in [-0.2, 0) is 6.42 Å². The lowest BCUT2D eigenvalue weighted by molar-refractivity contribution is 0.0926. The van der Waals surface area contributed by atoms with Crippen molar-refractivity contribution < 1.29 is 13.6 Å². The van der Waals surface area contributed by atoms with Crippen LogP contribution in [0, 0.1) is 5.82 Å². The molecule has 1 heterocycles. The largest absolute Gasteiger partial charge is 0.459 e. The summed E-state index contributed by atoms with van der Waals surface area (Å²) < 4.78 is 18.5. The number of nitrogens with zero attached hydrogens (tertiary/aromatic N) is 1. The van der Waals surface area contributed by atoms with Gasteiger partial charge in [-0.2, -0.15) is 0 Å². The SMILES string of the molecule is CN=C(NCCNC(=O)c1ccco1)NCCc1ccccc1F.I. The highest BCUT2D eigenvalue weighted by atomic mass is 127. The van der Waals surface area contributed by atoms with Gasteiger partial charge in [-0.05, 0) is 30.2 Å². The van der Waals surface area contributed by atoms with Crippen LogP contribution >= 0.6 is 24.0 Å². The van der Waals surface area contributed by atoms with E-state index in [0.717, 1.165) is 0 Å². The summed E-state index contributed by atoms with van der Waals surface area (Å²) in [6.07, 6.45) is 2.01. The van der Waals surface area contributed by atoms with E-state index < -0.39 is 0 Å². The summed E-state index contributed by atoms with van der Waals surface area (Å²) in [5.41, 5.74) is 0.658. The van der Waals surface area contributed by atoms with Gasteiger partial charge in [0.1, 0.15) is 5.82 Å². The number of aliphatic imine (C=N–C) groups is 1. The zero-order chi connectivity index (χ0) is 17.2. The number of halogens is 2. The third-order valence-electron chi connectivity index (χ3n) is 3.32. The van der Waals surface area contributed by atoms with E-state index in [1.54, 1.807) is 31.3 Å². The summed E-state index contributed by atoms with van der Waals surface area (Å²) in [5, 5.41) is 8.90. The number of amides is 1. The molecule has 0 saturated carbocycles. The van der Waals surface area contributed by atoms with Gasteiger partial charge >= 0.3 is 0 Å². The van der Waals surface area contributed by atoms with Gasteiger partial charge in [0.25, 0.3) is 5.91 Å². The first kappa shape index (κ1) is 20.9. The van der Waals surface area contributed by atoms with E-state index in [0.29, 0.717) is 37.6 Å². The van der Waals surface area contributed by atoms with Crippen LogP contribution < -0.4 is 16.0 Å². The van der Waals surface area contributed by atoms with E-state index in [9.17, 15) is 9.18 Å². The minimum absolute atomic E-state index is 0. The van der Waals surface area contributed by atoms with Crippen LogP contribution in [-0.4, -0.2) is 38.5 Å². The van der Waals surface area contributed by atoms with Gasteiger partial charge in [-0.15, -0.1) is 24.0 Å². The Morgan fingerprint density at radius 2 is 1.80 bits per heavy atom. The maximum atomic E-state index is 13.5. The van der Waals surface area contributed by atoms with Gasteiger partial charge in [-0.3, -0.25) is 9.79 Å². The van der Waals surface area contributed by atoms with Gasteiger partial charge in [0, 0.05) is 26.7 Å². The zero-order valence-electron chi connectivity index (χ0n) is 13.9. The average molecular weight is 460 g/mol. The minimum Gasteiger partial charge on any atom is -0.459 e. The molecule has 2 rings (SSSR count). The Kier molecular flexibility index (Phi) is 9.60. The van der Waals surface area contributed by atoms with Crippen LogP contribution in [0.2, 0.25) is 0 Å². The van der Waals surface area contributed by atoms with Crippen LogP contribution in [0.1, 0.15) is 16.1 Å². The standard InChI is InChI=1S/C17H21FN4O2.HI/c1-19-17(21-9-8-13-5-2-3-6-14(13)18)22-11-10-20-16(23)15-7-4-12-24-15;/h2-7,12H,8-11H2,1H3,(H,20,23)(H2,19,21,22);1H. The maximum Gasteiger partial charge on any atom is 0.287 e. The van der Waals surface area contributed by atoms with Gasteiger partial charge < -0.3 is 20.4 Å². The molecule has 0 aliphatic rings. The number of rotatable bonds is 7. The number of nitrogens with one attached hydrogen (secondary N) is 3. The normalized spacial score (nSPS) is 10.7. The smallest absolute Gasteiger partial charge is 0.287 e. The molecule has 0 unspecified atom stereocenters. The van der Waals surface area contributed by atoms with Gasteiger partial charge in [0.05, 0.1) is 6.26 Å². The summed E-state index contributed by atoms with van der Waals surface area (Å²) >= 11 is 0. The van der Waals surface area contributed by atoms with Crippen LogP contribution in [0.5, 0.6) is 0 Å². The van der Waals surface area contributed by atoms with E-state index in [-0.39, 0.29) is 41.5 Å². The molecule has 1 aromatic heterocycles. The summed E-state index contributed by atoms with van der Waals surface area (Å²) in [6, 6.07) is 9.96. The maximum absolute atomic E-state index is 13.5. The highest BCUT2D eigenvalue weighted by Gasteiger charge is 2.07. The van der Waals surface area contributed by atoms with Crippen molar-refractivity contribution in [3.63, 3.8) is 0 Å². The molecule has 0 fully saturated rings. The van der Waals surface area contributed by atoms with E-state index in [1.165, 1.54) is 12.3 Å². The van der Waals surface area contributed by atoms with Crippen molar-refractivity contribution in [2.75, 3.05) is 26.7 Å². The molecule has 0 aliphatic carbocycles. The van der Waals surface area contributed by atoms with E-state index in [2.05, 4.69) is 20.9 Å². The van der Waals surface area contributed by atoms with Crippen molar-refractivity contribution in [3.8, 4) is 0 Å². The topological polar surface area (TPSA) is 78.7 Å². The van der Waals surface area contributed by atoms with Crippen molar-refractivity contribution in [1.29, 1.82) is 0 Å². The van der Waals surface area contributed by atoms with Crippen molar-refractivity contribution >= 4 is 35.8 Å². The predicted octanol–water partition coefficient (Wildman–Crippen LogP) is 2.17. The lowest BCUT2D eigenvalue weighted by Crippen LogP contribution is -2.42. The number of carbonyl (C=O) groups is 1. The van der Waals surface area contributed by atoms with Gasteiger partial charge in [-0.1, -0.05) is 18.2 Å². The zero-order valence-corrected chi connectivity index (χ0v) is 16.3. The first-order chi connectivity index (χ1) is 11.7. The predicted molar refractivity (Wildman–Crippen MR) is 106 cm³/mol. The fraction of sp³-hybridized carbons (Fsp3) is 0.294. The van der Waals surface area contributed by atoms with Crippen molar-refractivity contribution in [3.05, 3.63) is 59.8 Å². The number of furan rings is 1. The summed E-state index contributed by atoms with van der Waals surface area (Å²) in [4.78, 5) is 15.7. The number of hydrogen-bond donors (Lipinski definition) is 3. The quantitative estimate of drug-likeness (QED) is 0.256. The molecule has 3 N–H and O–H groups in total. The Balaban J connectivity index is 0.00000312. The number of carbonyl (C=O) groups excluding carboxylic acids is 1. The van der Waals surface area contributed by atoms with E-state index in [1.807, 2.05) is 6.07 Å². The molecule has 1 amide bonds. The monoisotopic (exact) mass is 460 g/mol. The molecule has 0 saturated heterocycles. The molecule has 0 radical (unpaired) electrons. The summed E-state index contributed by atoms with van der Waals surface area (Å²) in [7, 11) is 1.65. The fourth-order valence-electron chi connectivity index (χ4n) is 2.09. The average Bonchev–Trinajstić information content (AvgIpc) is 3.13. The third kappa shape index (κ3) is 7.12.